The minimum Gasteiger partial charge on any atom is -0.497 e. The molecule has 0 spiro atoms. The van der Waals surface area contributed by atoms with Crippen molar-refractivity contribution >= 4 is 49.0 Å². The Bertz CT molecular complexity index is 1470. The first-order valence-corrected chi connectivity index (χ1v) is 13.9. The Morgan fingerprint density at radius 2 is 1.97 bits per heavy atom. The first-order chi connectivity index (χ1) is 17.3. The van der Waals surface area contributed by atoms with Crippen molar-refractivity contribution in [3.63, 3.8) is 0 Å². The SMILES string of the molecule is COc1ccc2ccn(CC(=O)N3CCN(c4ccc(S(=O)(=O)Nc5nccs5)cc4)CC3C)c2c1. The van der Waals surface area contributed by atoms with E-state index in [4.69, 9.17) is 4.74 Å². The number of aromatic nitrogens is 2. The third kappa shape index (κ3) is 4.89. The Kier molecular flexibility index (Phi) is 6.59. The van der Waals surface area contributed by atoms with Crippen LogP contribution in [0.3, 0.4) is 0 Å². The van der Waals surface area contributed by atoms with E-state index >= 15 is 0 Å². The number of fused-ring (bicyclic) bond motifs is 1. The van der Waals surface area contributed by atoms with Gasteiger partial charge in [0, 0.05) is 55.2 Å². The van der Waals surface area contributed by atoms with Crippen molar-refractivity contribution in [3.8, 4) is 5.75 Å². The molecule has 0 aliphatic carbocycles. The molecule has 5 rings (SSSR count). The lowest BCUT2D eigenvalue weighted by molar-refractivity contribution is -0.134. The van der Waals surface area contributed by atoms with E-state index in [-0.39, 0.29) is 23.4 Å². The first kappa shape index (κ1) is 24.1. The van der Waals surface area contributed by atoms with Gasteiger partial charge in [0.1, 0.15) is 12.3 Å². The number of sulfonamides is 1. The molecule has 1 N–H and O–H groups in total. The molecule has 2 aromatic heterocycles. The van der Waals surface area contributed by atoms with Crippen molar-refractivity contribution < 1.29 is 17.9 Å². The number of amides is 1. The molecule has 11 heteroatoms. The maximum Gasteiger partial charge on any atom is 0.263 e. The summed E-state index contributed by atoms with van der Waals surface area (Å²) in [6.07, 6.45) is 3.48. The number of thiazole rings is 1. The smallest absolute Gasteiger partial charge is 0.263 e. The number of hydrogen-bond acceptors (Lipinski definition) is 7. The summed E-state index contributed by atoms with van der Waals surface area (Å²) in [4.78, 5) is 21.4. The van der Waals surface area contributed by atoms with Gasteiger partial charge in [0.25, 0.3) is 10.0 Å². The van der Waals surface area contributed by atoms with Crippen molar-refractivity contribution in [3.05, 3.63) is 66.3 Å². The number of anilines is 2. The topological polar surface area (TPSA) is 96.8 Å². The average molecular weight is 526 g/mol. The van der Waals surface area contributed by atoms with Crippen LogP contribution in [-0.4, -0.2) is 61.6 Å². The second-order valence-corrected chi connectivity index (χ2v) is 11.3. The molecular formula is C25H27N5O4S2. The van der Waals surface area contributed by atoms with Crippen LogP contribution in [0.5, 0.6) is 5.75 Å². The molecule has 1 unspecified atom stereocenters. The molecule has 1 saturated heterocycles. The largest absolute Gasteiger partial charge is 0.497 e. The lowest BCUT2D eigenvalue weighted by Crippen LogP contribution is -2.54. The average Bonchev–Trinajstić information content (AvgIpc) is 3.53. The quantitative estimate of drug-likeness (QED) is 0.396. The fraction of sp³-hybridized carbons (Fsp3) is 0.280. The predicted octanol–water partition coefficient (Wildman–Crippen LogP) is 3.64. The number of carbonyl (C=O) groups is 1. The summed E-state index contributed by atoms with van der Waals surface area (Å²) in [5.74, 6) is 0.826. The van der Waals surface area contributed by atoms with Crippen molar-refractivity contribution in [2.75, 3.05) is 36.4 Å². The summed E-state index contributed by atoms with van der Waals surface area (Å²) in [5, 5.41) is 3.11. The Balaban J connectivity index is 1.23. The Hall–Kier alpha value is -3.57. The van der Waals surface area contributed by atoms with Gasteiger partial charge in [-0.25, -0.2) is 13.4 Å². The number of nitrogens with zero attached hydrogens (tertiary/aromatic N) is 4. The highest BCUT2D eigenvalue weighted by molar-refractivity contribution is 7.93. The normalized spacial score (nSPS) is 16.3. The Labute approximate surface area is 214 Å². The van der Waals surface area contributed by atoms with Crippen molar-refractivity contribution in [1.29, 1.82) is 0 Å². The lowest BCUT2D eigenvalue weighted by Gasteiger charge is -2.41. The number of nitrogens with one attached hydrogen (secondary N) is 1. The molecule has 188 valence electrons. The fourth-order valence-electron chi connectivity index (χ4n) is 4.51. The standard InChI is InChI=1S/C25H27N5O4S2/c1-18-16-28(20-4-7-22(8-5-20)36(32,33)27-25-26-10-14-35-25)12-13-30(18)24(31)17-29-11-9-19-3-6-21(34-2)15-23(19)29/h3-11,14-15,18H,12-13,16-17H2,1-2H3,(H,26,27). The highest BCUT2D eigenvalue weighted by Gasteiger charge is 2.28. The van der Waals surface area contributed by atoms with E-state index in [1.165, 1.54) is 11.3 Å². The third-order valence-corrected chi connectivity index (χ3v) is 8.57. The number of carbonyl (C=O) groups excluding carboxylic acids is 1. The number of ether oxygens (including phenoxy) is 1. The van der Waals surface area contributed by atoms with Gasteiger partial charge in [0.2, 0.25) is 5.91 Å². The van der Waals surface area contributed by atoms with Gasteiger partial charge in [-0.05, 0) is 54.8 Å². The van der Waals surface area contributed by atoms with Gasteiger partial charge < -0.3 is 19.1 Å². The Morgan fingerprint density at radius 1 is 1.17 bits per heavy atom. The van der Waals surface area contributed by atoms with Crippen LogP contribution < -0.4 is 14.4 Å². The maximum absolute atomic E-state index is 13.2. The van der Waals surface area contributed by atoms with Crippen LogP contribution in [0.1, 0.15) is 6.92 Å². The highest BCUT2D eigenvalue weighted by atomic mass is 32.2. The zero-order valence-electron chi connectivity index (χ0n) is 20.0. The summed E-state index contributed by atoms with van der Waals surface area (Å²) in [6, 6.07) is 14.7. The number of benzene rings is 2. The zero-order valence-corrected chi connectivity index (χ0v) is 21.6. The molecule has 2 aromatic carbocycles. The van der Waals surface area contributed by atoms with Crippen LogP contribution in [0.4, 0.5) is 10.8 Å². The monoisotopic (exact) mass is 525 g/mol. The zero-order chi connectivity index (χ0) is 25.3. The van der Waals surface area contributed by atoms with Gasteiger partial charge in [0.15, 0.2) is 5.13 Å². The summed E-state index contributed by atoms with van der Waals surface area (Å²) >= 11 is 1.23. The van der Waals surface area contributed by atoms with Crippen LogP contribution in [-0.2, 0) is 21.4 Å². The minimum absolute atomic E-state index is 0.0117. The maximum atomic E-state index is 13.2. The van der Waals surface area contributed by atoms with Gasteiger partial charge in [-0.2, -0.15) is 0 Å². The molecule has 36 heavy (non-hydrogen) atoms. The van der Waals surface area contributed by atoms with E-state index in [9.17, 15) is 13.2 Å². The van der Waals surface area contributed by atoms with E-state index < -0.39 is 10.0 Å². The molecule has 1 fully saturated rings. The number of hydrogen-bond donors (Lipinski definition) is 1. The van der Waals surface area contributed by atoms with Crippen LogP contribution in [0.2, 0.25) is 0 Å². The van der Waals surface area contributed by atoms with Crippen molar-refractivity contribution in [2.45, 2.75) is 24.4 Å². The molecule has 1 aliphatic rings. The van der Waals surface area contributed by atoms with Crippen molar-refractivity contribution in [2.24, 2.45) is 0 Å². The first-order valence-electron chi connectivity index (χ1n) is 11.5. The number of methoxy groups -OCH3 is 1. The summed E-state index contributed by atoms with van der Waals surface area (Å²) in [6.45, 7) is 4.22. The van der Waals surface area contributed by atoms with E-state index in [0.29, 0.717) is 24.8 Å². The Morgan fingerprint density at radius 3 is 2.67 bits per heavy atom. The highest BCUT2D eigenvalue weighted by Crippen LogP contribution is 2.25. The molecule has 1 amide bonds. The van der Waals surface area contributed by atoms with E-state index in [0.717, 1.165) is 22.3 Å². The molecule has 0 saturated carbocycles. The van der Waals surface area contributed by atoms with Gasteiger partial charge in [-0.15, -0.1) is 11.3 Å². The van der Waals surface area contributed by atoms with Crippen LogP contribution in [0, 0.1) is 0 Å². The van der Waals surface area contributed by atoms with Gasteiger partial charge >= 0.3 is 0 Å². The van der Waals surface area contributed by atoms with E-state index in [2.05, 4.69) is 14.6 Å². The molecule has 0 radical (unpaired) electrons. The minimum atomic E-state index is -3.69. The summed E-state index contributed by atoms with van der Waals surface area (Å²) < 4.78 is 35.0. The van der Waals surface area contributed by atoms with Gasteiger partial charge in [0.05, 0.1) is 17.5 Å². The molecule has 1 atom stereocenters. The summed E-state index contributed by atoms with van der Waals surface area (Å²) in [7, 11) is -2.06. The molecule has 0 bridgehead atoms. The molecule has 4 aromatic rings. The van der Waals surface area contributed by atoms with Gasteiger partial charge in [-0.1, -0.05) is 0 Å². The second kappa shape index (κ2) is 9.82. The number of rotatable bonds is 7. The molecule has 3 heterocycles. The van der Waals surface area contributed by atoms with Crippen LogP contribution >= 0.6 is 11.3 Å². The lowest BCUT2D eigenvalue weighted by atomic mass is 10.1. The third-order valence-electron chi connectivity index (χ3n) is 6.40. The molecule has 9 nitrogen and oxygen atoms in total. The summed E-state index contributed by atoms with van der Waals surface area (Å²) in [5.41, 5.74) is 1.89. The number of piperazine rings is 1. The van der Waals surface area contributed by atoms with Crippen molar-refractivity contribution in [1.82, 2.24) is 14.5 Å². The fourth-order valence-corrected chi connectivity index (χ4v) is 6.30. The molecule has 1 aliphatic heterocycles. The molecular weight excluding hydrogens is 498 g/mol. The van der Waals surface area contributed by atoms with Crippen LogP contribution in [0.25, 0.3) is 10.9 Å². The second-order valence-electron chi connectivity index (χ2n) is 8.69. The van der Waals surface area contributed by atoms with E-state index in [1.807, 2.05) is 46.9 Å². The predicted molar refractivity (Wildman–Crippen MR) is 141 cm³/mol. The van der Waals surface area contributed by atoms with Crippen LogP contribution in [0.15, 0.2) is 71.2 Å². The van der Waals surface area contributed by atoms with E-state index in [1.54, 1.807) is 43.0 Å². The van der Waals surface area contributed by atoms with Gasteiger partial charge in [-0.3, -0.25) is 9.52 Å².